The van der Waals surface area contributed by atoms with Gasteiger partial charge < -0.3 is 10.2 Å². The first-order valence-electron chi connectivity index (χ1n) is 6.99. The maximum absolute atomic E-state index is 13.6. The number of hydrogen-bond acceptors (Lipinski definition) is 3. The Balaban J connectivity index is 1.87. The molecule has 0 bridgehead atoms. The Bertz CT molecular complexity index is 466. The Hall–Kier alpha value is -1.46. The fourth-order valence-electron chi connectivity index (χ4n) is 2.44. The molecule has 1 amide bonds. The number of nitrogens with zero attached hydrogens (tertiary/aromatic N) is 2. The lowest BCUT2D eigenvalue weighted by Gasteiger charge is -2.32. The summed E-state index contributed by atoms with van der Waals surface area (Å²) in [4.78, 5) is 15.9. The summed E-state index contributed by atoms with van der Waals surface area (Å²) < 4.78 is 13.6. The SMILES string of the molecule is C[C@@H]1CN(CC(=O)N(C)Cc2ccccc2F)CCN1. The van der Waals surface area contributed by atoms with E-state index in [9.17, 15) is 9.18 Å². The molecule has 0 aromatic heterocycles. The average Bonchev–Trinajstić information content (AvgIpc) is 2.41. The molecular weight excluding hydrogens is 257 g/mol. The van der Waals surface area contributed by atoms with Crippen molar-refractivity contribution in [3.8, 4) is 0 Å². The van der Waals surface area contributed by atoms with Gasteiger partial charge in [-0.1, -0.05) is 18.2 Å². The van der Waals surface area contributed by atoms with Crippen molar-refractivity contribution >= 4 is 5.91 Å². The van der Waals surface area contributed by atoms with Crippen molar-refractivity contribution in [2.24, 2.45) is 0 Å². The maximum Gasteiger partial charge on any atom is 0.236 e. The molecule has 5 heteroatoms. The van der Waals surface area contributed by atoms with Crippen molar-refractivity contribution in [2.75, 3.05) is 33.2 Å². The smallest absolute Gasteiger partial charge is 0.236 e. The molecule has 1 aliphatic heterocycles. The van der Waals surface area contributed by atoms with E-state index in [0.29, 0.717) is 24.7 Å². The van der Waals surface area contributed by atoms with Crippen molar-refractivity contribution in [1.29, 1.82) is 0 Å². The van der Waals surface area contributed by atoms with Crippen LogP contribution < -0.4 is 5.32 Å². The number of likely N-dealkylation sites (N-methyl/N-ethyl adjacent to an activating group) is 1. The lowest BCUT2D eigenvalue weighted by atomic mass is 10.2. The van der Waals surface area contributed by atoms with Gasteiger partial charge in [0.2, 0.25) is 5.91 Å². The van der Waals surface area contributed by atoms with Gasteiger partial charge in [-0.2, -0.15) is 0 Å². The Kier molecular flexibility index (Phi) is 5.09. The fraction of sp³-hybridized carbons (Fsp3) is 0.533. The van der Waals surface area contributed by atoms with E-state index in [-0.39, 0.29) is 11.7 Å². The topological polar surface area (TPSA) is 35.6 Å². The number of rotatable bonds is 4. The number of hydrogen-bond donors (Lipinski definition) is 1. The third kappa shape index (κ3) is 4.02. The monoisotopic (exact) mass is 279 g/mol. The van der Waals surface area contributed by atoms with Crippen molar-refractivity contribution < 1.29 is 9.18 Å². The van der Waals surface area contributed by atoms with Gasteiger partial charge >= 0.3 is 0 Å². The summed E-state index contributed by atoms with van der Waals surface area (Å²) >= 11 is 0. The molecule has 20 heavy (non-hydrogen) atoms. The molecule has 1 fully saturated rings. The lowest BCUT2D eigenvalue weighted by Crippen LogP contribution is -2.51. The summed E-state index contributed by atoms with van der Waals surface area (Å²) in [5, 5.41) is 3.35. The summed E-state index contributed by atoms with van der Waals surface area (Å²) in [7, 11) is 1.72. The number of amides is 1. The molecule has 4 nitrogen and oxygen atoms in total. The molecule has 1 saturated heterocycles. The number of piperazine rings is 1. The van der Waals surface area contributed by atoms with Crippen LogP contribution in [0.15, 0.2) is 24.3 Å². The third-order valence-corrected chi connectivity index (χ3v) is 3.60. The minimum absolute atomic E-state index is 0.0300. The molecule has 2 rings (SSSR count). The predicted molar refractivity (Wildman–Crippen MR) is 76.8 cm³/mol. The number of carbonyl (C=O) groups excluding carboxylic acids is 1. The van der Waals surface area contributed by atoms with Crippen LogP contribution in [0.2, 0.25) is 0 Å². The molecule has 0 unspecified atom stereocenters. The van der Waals surface area contributed by atoms with Gasteiger partial charge in [0.15, 0.2) is 0 Å². The van der Waals surface area contributed by atoms with Crippen LogP contribution in [0.25, 0.3) is 0 Å². The van der Waals surface area contributed by atoms with Crippen LogP contribution in [-0.2, 0) is 11.3 Å². The Morgan fingerprint density at radius 1 is 1.50 bits per heavy atom. The van der Waals surface area contributed by atoms with Crippen molar-refractivity contribution in [3.05, 3.63) is 35.6 Å². The lowest BCUT2D eigenvalue weighted by molar-refractivity contribution is -0.131. The van der Waals surface area contributed by atoms with Crippen molar-refractivity contribution in [2.45, 2.75) is 19.5 Å². The normalized spacial score (nSPS) is 19.9. The molecule has 1 aromatic carbocycles. The average molecular weight is 279 g/mol. The highest BCUT2D eigenvalue weighted by atomic mass is 19.1. The molecule has 1 aromatic rings. The Labute approximate surface area is 119 Å². The van der Waals surface area contributed by atoms with Gasteiger partial charge in [0.25, 0.3) is 0 Å². The first-order valence-corrected chi connectivity index (χ1v) is 6.99. The third-order valence-electron chi connectivity index (χ3n) is 3.60. The van der Waals surface area contributed by atoms with Gasteiger partial charge in [-0.05, 0) is 13.0 Å². The second-order valence-electron chi connectivity index (χ2n) is 5.43. The van der Waals surface area contributed by atoms with Crippen LogP contribution in [0.3, 0.4) is 0 Å². The van der Waals surface area contributed by atoms with Crippen molar-refractivity contribution in [3.63, 3.8) is 0 Å². The number of halogens is 1. The minimum Gasteiger partial charge on any atom is -0.340 e. The molecule has 1 heterocycles. The summed E-state index contributed by atoms with van der Waals surface area (Å²) in [6, 6.07) is 6.99. The van der Waals surface area contributed by atoms with Crippen LogP contribution in [0.1, 0.15) is 12.5 Å². The van der Waals surface area contributed by atoms with E-state index in [0.717, 1.165) is 19.6 Å². The zero-order valence-electron chi connectivity index (χ0n) is 12.1. The van der Waals surface area contributed by atoms with Gasteiger partial charge in [0, 0.05) is 44.8 Å². The van der Waals surface area contributed by atoms with E-state index in [1.165, 1.54) is 6.07 Å². The molecule has 1 N–H and O–H groups in total. The zero-order valence-corrected chi connectivity index (χ0v) is 12.1. The van der Waals surface area contributed by atoms with Crippen LogP contribution >= 0.6 is 0 Å². The summed E-state index contributed by atoms with van der Waals surface area (Å²) in [6.07, 6.45) is 0. The second kappa shape index (κ2) is 6.81. The highest BCUT2D eigenvalue weighted by Crippen LogP contribution is 2.09. The van der Waals surface area contributed by atoms with E-state index in [1.54, 1.807) is 30.1 Å². The number of nitrogens with one attached hydrogen (secondary N) is 1. The summed E-state index contributed by atoms with van der Waals surface area (Å²) in [5.74, 6) is -0.231. The summed E-state index contributed by atoms with van der Waals surface area (Å²) in [5.41, 5.74) is 0.553. The van der Waals surface area contributed by atoms with E-state index < -0.39 is 0 Å². The van der Waals surface area contributed by atoms with Crippen molar-refractivity contribution in [1.82, 2.24) is 15.1 Å². The summed E-state index contributed by atoms with van der Waals surface area (Å²) in [6.45, 7) is 5.48. The van der Waals surface area contributed by atoms with Crippen LogP contribution in [0.5, 0.6) is 0 Å². The Morgan fingerprint density at radius 2 is 2.25 bits per heavy atom. The molecule has 0 saturated carbocycles. The van der Waals surface area contributed by atoms with E-state index in [2.05, 4.69) is 17.1 Å². The van der Waals surface area contributed by atoms with Gasteiger partial charge in [0.1, 0.15) is 5.82 Å². The van der Waals surface area contributed by atoms with Gasteiger partial charge in [-0.15, -0.1) is 0 Å². The molecule has 110 valence electrons. The van der Waals surface area contributed by atoms with Gasteiger partial charge in [0.05, 0.1) is 6.54 Å². The quantitative estimate of drug-likeness (QED) is 0.896. The first-order chi connectivity index (χ1) is 9.56. The maximum atomic E-state index is 13.6. The predicted octanol–water partition coefficient (Wildman–Crippen LogP) is 1.08. The standard InChI is InChI=1S/C15H22FN3O/c1-12-9-19(8-7-17-12)11-15(20)18(2)10-13-5-3-4-6-14(13)16/h3-6,12,17H,7-11H2,1-2H3/t12-/m1/s1. The van der Waals surface area contributed by atoms with Gasteiger partial charge in [-0.25, -0.2) is 4.39 Å². The largest absolute Gasteiger partial charge is 0.340 e. The number of carbonyl (C=O) groups is 1. The molecule has 0 radical (unpaired) electrons. The van der Waals surface area contributed by atoms with Crippen LogP contribution in [-0.4, -0.2) is 55.0 Å². The van der Waals surface area contributed by atoms with E-state index >= 15 is 0 Å². The Morgan fingerprint density at radius 3 is 2.95 bits per heavy atom. The molecule has 0 aliphatic carbocycles. The van der Waals surface area contributed by atoms with Gasteiger partial charge in [-0.3, -0.25) is 9.69 Å². The number of benzene rings is 1. The van der Waals surface area contributed by atoms with Crippen LogP contribution in [0.4, 0.5) is 4.39 Å². The molecule has 1 aliphatic rings. The highest BCUT2D eigenvalue weighted by Gasteiger charge is 2.20. The molecule has 1 atom stereocenters. The minimum atomic E-state index is -0.261. The van der Waals surface area contributed by atoms with Crippen LogP contribution in [0, 0.1) is 5.82 Å². The highest BCUT2D eigenvalue weighted by molar-refractivity contribution is 5.78. The fourth-order valence-corrected chi connectivity index (χ4v) is 2.44. The second-order valence-corrected chi connectivity index (χ2v) is 5.43. The van der Waals surface area contributed by atoms with E-state index in [4.69, 9.17) is 0 Å². The molecular formula is C15H22FN3O. The van der Waals surface area contributed by atoms with E-state index in [1.807, 2.05) is 0 Å². The zero-order chi connectivity index (χ0) is 14.5. The first kappa shape index (κ1) is 14.9. The molecule has 0 spiro atoms.